The maximum absolute atomic E-state index is 13.0. The Morgan fingerprint density at radius 1 is 1.07 bits per heavy atom. The van der Waals surface area contributed by atoms with Crippen molar-refractivity contribution in [1.29, 1.82) is 0 Å². The maximum atomic E-state index is 13.0. The summed E-state index contributed by atoms with van der Waals surface area (Å²) < 4.78 is 0. The predicted molar refractivity (Wildman–Crippen MR) is 113 cm³/mol. The van der Waals surface area contributed by atoms with Crippen molar-refractivity contribution in [3.8, 4) is 0 Å². The summed E-state index contributed by atoms with van der Waals surface area (Å²) in [6.45, 7) is 17.0. The molecule has 0 N–H and O–H groups in total. The number of aromatic nitrogens is 1. The van der Waals surface area contributed by atoms with Crippen LogP contribution in [0.4, 0.5) is 0 Å². The first-order valence-electron chi connectivity index (χ1n) is 9.69. The Bertz CT molecular complexity index is 803. The molecule has 1 aliphatic rings. The van der Waals surface area contributed by atoms with E-state index in [1.165, 1.54) is 16.3 Å². The molecule has 27 heavy (non-hydrogen) atoms. The van der Waals surface area contributed by atoms with Gasteiger partial charge < -0.3 is 4.90 Å². The molecule has 1 amide bonds. The topological polar surface area (TPSA) is 36.4 Å². The van der Waals surface area contributed by atoms with Gasteiger partial charge >= 0.3 is 0 Å². The van der Waals surface area contributed by atoms with Crippen LogP contribution in [0.15, 0.2) is 17.5 Å². The lowest BCUT2D eigenvalue weighted by Gasteiger charge is -2.35. The Labute approximate surface area is 167 Å². The number of hydrogen-bond acceptors (Lipinski definition) is 4. The highest BCUT2D eigenvalue weighted by molar-refractivity contribution is 7.09. The molecule has 0 spiro atoms. The highest BCUT2D eigenvalue weighted by atomic mass is 32.1. The predicted octanol–water partition coefficient (Wildman–Crippen LogP) is 4.32. The minimum atomic E-state index is 0.101. The van der Waals surface area contributed by atoms with Crippen molar-refractivity contribution in [3.63, 3.8) is 0 Å². The van der Waals surface area contributed by atoms with Gasteiger partial charge in [0.05, 0.1) is 12.2 Å². The lowest BCUT2D eigenvalue weighted by atomic mass is 9.93. The van der Waals surface area contributed by atoms with Gasteiger partial charge in [0.2, 0.25) is 0 Å². The molecule has 146 valence electrons. The third-order valence-corrected chi connectivity index (χ3v) is 6.06. The van der Waals surface area contributed by atoms with Crippen LogP contribution in [0.2, 0.25) is 0 Å². The van der Waals surface area contributed by atoms with Crippen LogP contribution in [-0.2, 0) is 12.0 Å². The van der Waals surface area contributed by atoms with Gasteiger partial charge in [-0.25, -0.2) is 4.98 Å². The first-order valence-corrected chi connectivity index (χ1v) is 10.6. The molecule has 0 atom stereocenters. The van der Waals surface area contributed by atoms with E-state index >= 15 is 0 Å². The third-order valence-electron chi connectivity index (χ3n) is 5.23. The summed E-state index contributed by atoms with van der Waals surface area (Å²) in [4.78, 5) is 22.2. The quantitative estimate of drug-likeness (QED) is 0.789. The van der Waals surface area contributed by atoms with Crippen molar-refractivity contribution in [3.05, 3.63) is 50.5 Å². The monoisotopic (exact) mass is 385 g/mol. The second-order valence-corrected chi connectivity index (χ2v) is 9.66. The van der Waals surface area contributed by atoms with Crippen LogP contribution >= 0.6 is 11.3 Å². The zero-order valence-electron chi connectivity index (χ0n) is 17.4. The fraction of sp³-hybridized carbons (Fsp3) is 0.545. The van der Waals surface area contributed by atoms with Gasteiger partial charge in [0.15, 0.2) is 0 Å². The van der Waals surface area contributed by atoms with Gasteiger partial charge in [0.1, 0.15) is 5.01 Å². The highest BCUT2D eigenvalue weighted by Crippen LogP contribution is 2.25. The zero-order valence-corrected chi connectivity index (χ0v) is 18.2. The number of amides is 1. The first-order chi connectivity index (χ1) is 12.6. The SMILES string of the molecule is Cc1cc(C)c(C(=O)N2CCN(Cc3nc(C(C)(C)C)cs3)CC2)c(C)c1. The molecule has 1 aromatic carbocycles. The fourth-order valence-electron chi connectivity index (χ4n) is 3.70. The summed E-state index contributed by atoms with van der Waals surface area (Å²) in [7, 11) is 0. The highest BCUT2D eigenvalue weighted by Gasteiger charge is 2.25. The lowest BCUT2D eigenvalue weighted by Crippen LogP contribution is -2.48. The molecule has 0 radical (unpaired) electrons. The molecule has 2 heterocycles. The summed E-state index contributed by atoms with van der Waals surface area (Å²) in [5.74, 6) is 0.175. The standard InChI is InChI=1S/C22H31N3OS/c1-15-11-16(2)20(17(3)12-15)21(26)25-9-7-24(8-10-25)13-19-23-18(14-27-19)22(4,5)6/h11-12,14H,7-10,13H2,1-6H3. The number of piperazine rings is 1. The van der Waals surface area contributed by atoms with Crippen LogP contribution in [-0.4, -0.2) is 46.9 Å². The number of aryl methyl sites for hydroxylation is 3. The summed E-state index contributed by atoms with van der Waals surface area (Å²) >= 11 is 1.75. The molecule has 0 saturated carbocycles. The summed E-state index contributed by atoms with van der Waals surface area (Å²) in [5.41, 5.74) is 5.52. The van der Waals surface area contributed by atoms with Crippen LogP contribution in [0.3, 0.4) is 0 Å². The van der Waals surface area contributed by atoms with E-state index in [0.717, 1.165) is 49.4 Å². The first kappa shape index (κ1) is 20.0. The van der Waals surface area contributed by atoms with Crippen LogP contribution in [0.5, 0.6) is 0 Å². The van der Waals surface area contributed by atoms with Crippen molar-refractivity contribution >= 4 is 17.2 Å². The van der Waals surface area contributed by atoms with Crippen molar-refractivity contribution in [1.82, 2.24) is 14.8 Å². The summed E-state index contributed by atoms with van der Waals surface area (Å²) in [6, 6.07) is 4.21. The largest absolute Gasteiger partial charge is 0.336 e. The zero-order chi connectivity index (χ0) is 19.8. The molecule has 0 aliphatic carbocycles. The second-order valence-electron chi connectivity index (χ2n) is 8.72. The van der Waals surface area contributed by atoms with Crippen LogP contribution < -0.4 is 0 Å². The van der Waals surface area contributed by atoms with Crippen LogP contribution in [0.1, 0.15) is 58.5 Å². The van der Waals surface area contributed by atoms with Gasteiger partial charge in [-0.2, -0.15) is 0 Å². The van der Waals surface area contributed by atoms with E-state index in [1.807, 2.05) is 18.7 Å². The molecule has 2 aromatic rings. The van der Waals surface area contributed by atoms with E-state index < -0.39 is 0 Å². The molecule has 0 unspecified atom stereocenters. The van der Waals surface area contributed by atoms with E-state index in [-0.39, 0.29) is 11.3 Å². The van der Waals surface area contributed by atoms with Crippen molar-refractivity contribution in [2.24, 2.45) is 0 Å². The Hall–Kier alpha value is -1.72. The van der Waals surface area contributed by atoms with E-state index in [9.17, 15) is 4.79 Å². The number of rotatable bonds is 3. The summed E-state index contributed by atoms with van der Waals surface area (Å²) in [5, 5.41) is 3.35. The van der Waals surface area contributed by atoms with Gasteiger partial charge in [-0.05, 0) is 31.9 Å². The van der Waals surface area contributed by atoms with E-state index in [2.05, 4.69) is 50.1 Å². The molecule has 1 saturated heterocycles. The van der Waals surface area contributed by atoms with Crippen molar-refractivity contribution in [2.45, 2.75) is 53.5 Å². The number of carbonyl (C=O) groups is 1. The third kappa shape index (κ3) is 4.58. The maximum Gasteiger partial charge on any atom is 0.254 e. The Morgan fingerprint density at radius 3 is 2.19 bits per heavy atom. The van der Waals surface area contributed by atoms with Crippen LogP contribution in [0, 0.1) is 20.8 Å². The van der Waals surface area contributed by atoms with Crippen LogP contribution in [0.25, 0.3) is 0 Å². The van der Waals surface area contributed by atoms with Gasteiger partial charge in [-0.15, -0.1) is 11.3 Å². The minimum absolute atomic E-state index is 0.101. The molecular weight excluding hydrogens is 354 g/mol. The molecular formula is C22H31N3OS. The molecule has 4 nitrogen and oxygen atoms in total. The van der Waals surface area contributed by atoms with Gasteiger partial charge in [0, 0.05) is 42.5 Å². The molecule has 0 bridgehead atoms. The molecule has 1 aliphatic heterocycles. The Kier molecular flexibility index (Phi) is 5.73. The fourth-order valence-corrected chi connectivity index (χ4v) is 4.77. The minimum Gasteiger partial charge on any atom is -0.336 e. The molecule has 1 aromatic heterocycles. The van der Waals surface area contributed by atoms with Gasteiger partial charge in [-0.1, -0.05) is 38.5 Å². The number of hydrogen-bond donors (Lipinski definition) is 0. The smallest absolute Gasteiger partial charge is 0.254 e. The van der Waals surface area contributed by atoms with Gasteiger partial charge in [-0.3, -0.25) is 9.69 Å². The normalized spacial score (nSPS) is 16.0. The molecule has 5 heteroatoms. The van der Waals surface area contributed by atoms with E-state index in [4.69, 9.17) is 4.98 Å². The average Bonchev–Trinajstić information content (AvgIpc) is 3.03. The molecule has 1 fully saturated rings. The number of thiazole rings is 1. The average molecular weight is 386 g/mol. The van der Waals surface area contributed by atoms with Crippen molar-refractivity contribution in [2.75, 3.05) is 26.2 Å². The number of benzene rings is 1. The second kappa shape index (κ2) is 7.72. The van der Waals surface area contributed by atoms with E-state index in [0.29, 0.717) is 0 Å². The lowest BCUT2D eigenvalue weighted by molar-refractivity contribution is 0.0627. The van der Waals surface area contributed by atoms with Gasteiger partial charge in [0.25, 0.3) is 5.91 Å². The molecule has 3 rings (SSSR count). The number of carbonyl (C=O) groups excluding carboxylic acids is 1. The Morgan fingerprint density at radius 2 is 1.67 bits per heavy atom. The van der Waals surface area contributed by atoms with Crippen molar-refractivity contribution < 1.29 is 4.79 Å². The Balaban J connectivity index is 1.61. The summed E-state index contributed by atoms with van der Waals surface area (Å²) in [6.07, 6.45) is 0. The van der Waals surface area contributed by atoms with E-state index in [1.54, 1.807) is 11.3 Å². The number of nitrogens with zero attached hydrogens (tertiary/aromatic N) is 3.